The summed E-state index contributed by atoms with van der Waals surface area (Å²) in [4.78, 5) is 12.0. The van der Waals surface area contributed by atoms with E-state index in [9.17, 15) is 13.2 Å². The maximum Gasteiger partial charge on any atom is 0.396 e. The van der Waals surface area contributed by atoms with Gasteiger partial charge in [-0.25, -0.2) is 18.4 Å². The van der Waals surface area contributed by atoms with Crippen molar-refractivity contribution >= 4 is 27.8 Å². The second-order valence-electron chi connectivity index (χ2n) is 3.71. The van der Waals surface area contributed by atoms with Crippen LogP contribution < -0.4 is 5.14 Å². The van der Waals surface area contributed by atoms with Crippen molar-refractivity contribution in [2.24, 2.45) is 5.14 Å². The monoisotopic (exact) mass is 329 g/mol. The molecule has 0 unspecified atom stereocenters. The predicted octanol–water partition coefficient (Wildman–Crippen LogP) is 1.04. The zero-order valence-electron chi connectivity index (χ0n) is 10.8. The Labute approximate surface area is 124 Å². The van der Waals surface area contributed by atoms with Crippen LogP contribution in [0, 0.1) is 0 Å². The molecular formula is C11H11N3O5S2. The van der Waals surface area contributed by atoms with Crippen molar-refractivity contribution in [3.05, 3.63) is 30.2 Å². The summed E-state index contributed by atoms with van der Waals surface area (Å²) < 4.78 is 32.1. The molecule has 2 rings (SSSR count). The highest BCUT2D eigenvalue weighted by Gasteiger charge is 2.16. The van der Waals surface area contributed by atoms with Crippen LogP contribution in [0.2, 0.25) is 0 Å². The maximum absolute atomic E-state index is 11.4. The van der Waals surface area contributed by atoms with E-state index in [2.05, 4.69) is 10.2 Å². The summed E-state index contributed by atoms with van der Waals surface area (Å²) in [5.74, 6) is -0.929. The summed E-state index contributed by atoms with van der Waals surface area (Å²) >= 11 is 1.08. The summed E-state index contributed by atoms with van der Waals surface area (Å²) in [7, 11) is -3.73. The third kappa shape index (κ3) is 4.03. The summed E-state index contributed by atoms with van der Waals surface area (Å²) in [6.07, 6.45) is 0. The highest BCUT2D eigenvalue weighted by atomic mass is 32.2. The Morgan fingerprint density at radius 3 is 2.57 bits per heavy atom. The van der Waals surface area contributed by atoms with Crippen LogP contribution in [-0.2, 0) is 14.8 Å². The molecule has 0 fully saturated rings. The molecule has 2 N–H and O–H groups in total. The van der Waals surface area contributed by atoms with E-state index in [4.69, 9.17) is 14.3 Å². The van der Waals surface area contributed by atoms with Gasteiger partial charge in [0.2, 0.25) is 10.0 Å². The molecule has 10 heteroatoms. The minimum atomic E-state index is -3.73. The molecule has 2 aromatic rings. The number of nitrogens with zero attached hydrogens (tertiary/aromatic N) is 2. The van der Waals surface area contributed by atoms with Gasteiger partial charge in [-0.2, -0.15) is 0 Å². The summed E-state index contributed by atoms with van der Waals surface area (Å²) in [5, 5.41) is 12.4. The van der Waals surface area contributed by atoms with Gasteiger partial charge in [-0.05, 0) is 43.0 Å². The fourth-order valence-corrected chi connectivity index (χ4v) is 2.52. The van der Waals surface area contributed by atoms with Crippen LogP contribution in [0.25, 0.3) is 0 Å². The molecule has 21 heavy (non-hydrogen) atoms. The van der Waals surface area contributed by atoms with Crippen molar-refractivity contribution in [3.8, 4) is 0 Å². The molecule has 1 aromatic heterocycles. The smallest absolute Gasteiger partial charge is 0.396 e. The van der Waals surface area contributed by atoms with E-state index in [1.54, 1.807) is 19.1 Å². The van der Waals surface area contributed by atoms with Gasteiger partial charge in [0.1, 0.15) is 0 Å². The third-order valence-electron chi connectivity index (χ3n) is 2.21. The van der Waals surface area contributed by atoms with E-state index in [1.165, 1.54) is 12.1 Å². The van der Waals surface area contributed by atoms with E-state index in [0.717, 1.165) is 11.8 Å². The first kappa shape index (κ1) is 15.5. The molecule has 0 aliphatic heterocycles. The quantitative estimate of drug-likeness (QED) is 0.807. The predicted molar refractivity (Wildman–Crippen MR) is 72.2 cm³/mol. The molecule has 0 saturated heterocycles. The zero-order valence-corrected chi connectivity index (χ0v) is 12.5. The molecule has 0 amide bonds. The standard InChI is InChI=1S/C11H11N3O5S2/c1-2-18-10(15)9-13-14-11(19-9)20-7-3-5-8(6-4-7)21(12,16)17/h3-6H,2H2,1H3,(H2,12,16,17). The van der Waals surface area contributed by atoms with Crippen LogP contribution in [0.5, 0.6) is 0 Å². The number of carbonyl (C=O) groups is 1. The molecule has 0 atom stereocenters. The number of rotatable bonds is 5. The van der Waals surface area contributed by atoms with E-state index in [1.807, 2.05) is 0 Å². The highest BCUT2D eigenvalue weighted by molar-refractivity contribution is 7.99. The zero-order chi connectivity index (χ0) is 15.5. The minimum Gasteiger partial charge on any atom is -0.459 e. The van der Waals surface area contributed by atoms with E-state index < -0.39 is 16.0 Å². The first-order valence-electron chi connectivity index (χ1n) is 5.71. The van der Waals surface area contributed by atoms with Crippen molar-refractivity contribution in [1.29, 1.82) is 0 Å². The second-order valence-corrected chi connectivity index (χ2v) is 6.30. The molecule has 0 aliphatic carbocycles. The molecule has 8 nitrogen and oxygen atoms in total. The lowest BCUT2D eigenvalue weighted by Gasteiger charge is -1.99. The number of primary sulfonamides is 1. The lowest BCUT2D eigenvalue weighted by atomic mass is 10.4. The molecule has 0 bridgehead atoms. The van der Waals surface area contributed by atoms with Gasteiger partial charge in [0.05, 0.1) is 11.5 Å². The van der Waals surface area contributed by atoms with E-state index in [0.29, 0.717) is 4.90 Å². The van der Waals surface area contributed by atoms with Crippen LogP contribution in [0.15, 0.2) is 43.7 Å². The average Bonchev–Trinajstić information content (AvgIpc) is 2.87. The van der Waals surface area contributed by atoms with Gasteiger partial charge in [0, 0.05) is 4.90 Å². The maximum atomic E-state index is 11.4. The normalized spacial score (nSPS) is 11.3. The lowest BCUT2D eigenvalue weighted by molar-refractivity contribution is 0.0475. The first-order valence-corrected chi connectivity index (χ1v) is 8.08. The van der Waals surface area contributed by atoms with Gasteiger partial charge < -0.3 is 9.15 Å². The minimum absolute atomic E-state index is 0.00425. The van der Waals surface area contributed by atoms with Gasteiger partial charge in [0.25, 0.3) is 5.22 Å². The largest absolute Gasteiger partial charge is 0.459 e. The van der Waals surface area contributed by atoms with Gasteiger partial charge in [-0.3, -0.25) is 0 Å². The number of aromatic nitrogens is 2. The summed E-state index contributed by atoms with van der Waals surface area (Å²) in [6.45, 7) is 1.87. The van der Waals surface area contributed by atoms with Gasteiger partial charge >= 0.3 is 11.9 Å². The fourth-order valence-electron chi connectivity index (χ4n) is 1.32. The Kier molecular flexibility index (Phi) is 4.60. The van der Waals surface area contributed by atoms with Crippen molar-refractivity contribution in [2.45, 2.75) is 21.9 Å². The molecule has 112 valence electrons. The topological polar surface area (TPSA) is 125 Å². The molecule has 0 spiro atoms. The van der Waals surface area contributed by atoms with Crippen molar-refractivity contribution in [3.63, 3.8) is 0 Å². The Hall–Kier alpha value is -1.91. The number of ether oxygens (including phenoxy) is 1. The Bertz CT molecular complexity index is 739. The van der Waals surface area contributed by atoms with Crippen LogP contribution in [-0.4, -0.2) is 31.2 Å². The van der Waals surface area contributed by atoms with Gasteiger partial charge in [0.15, 0.2) is 0 Å². The van der Waals surface area contributed by atoms with Crippen molar-refractivity contribution < 1.29 is 22.4 Å². The average molecular weight is 329 g/mol. The van der Waals surface area contributed by atoms with Crippen LogP contribution >= 0.6 is 11.8 Å². The van der Waals surface area contributed by atoms with Crippen molar-refractivity contribution in [1.82, 2.24) is 10.2 Å². The van der Waals surface area contributed by atoms with Gasteiger partial charge in [-0.15, -0.1) is 5.10 Å². The number of benzene rings is 1. The molecule has 0 radical (unpaired) electrons. The van der Waals surface area contributed by atoms with Crippen LogP contribution in [0.1, 0.15) is 17.6 Å². The number of nitrogens with two attached hydrogens (primary N) is 1. The molecule has 1 aromatic carbocycles. The lowest BCUT2D eigenvalue weighted by Crippen LogP contribution is -2.11. The molecular weight excluding hydrogens is 318 g/mol. The number of hydrogen-bond acceptors (Lipinski definition) is 8. The van der Waals surface area contributed by atoms with E-state index >= 15 is 0 Å². The first-order chi connectivity index (χ1) is 9.90. The van der Waals surface area contributed by atoms with Crippen LogP contribution in [0.4, 0.5) is 0 Å². The van der Waals surface area contributed by atoms with Crippen LogP contribution in [0.3, 0.4) is 0 Å². The van der Waals surface area contributed by atoms with Crippen molar-refractivity contribution in [2.75, 3.05) is 6.61 Å². The Morgan fingerprint density at radius 1 is 1.33 bits per heavy atom. The Balaban J connectivity index is 2.10. The van der Waals surface area contributed by atoms with E-state index in [-0.39, 0.29) is 22.6 Å². The molecule has 0 aliphatic rings. The second kappa shape index (κ2) is 6.24. The third-order valence-corrected chi connectivity index (χ3v) is 3.99. The summed E-state index contributed by atoms with van der Waals surface area (Å²) in [5.41, 5.74) is 0. The number of hydrogen-bond donors (Lipinski definition) is 1. The SMILES string of the molecule is CCOC(=O)c1nnc(Sc2ccc(S(N)(=O)=O)cc2)o1. The number of carbonyl (C=O) groups excluding carboxylic acids is 1. The fraction of sp³-hybridized carbons (Fsp3) is 0.182. The molecule has 1 heterocycles. The molecule has 0 saturated carbocycles. The number of esters is 1. The van der Waals surface area contributed by atoms with Gasteiger partial charge in [-0.1, -0.05) is 5.10 Å². The summed E-state index contributed by atoms with van der Waals surface area (Å²) in [6, 6.07) is 5.80. The highest BCUT2D eigenvalue weighted by Crippen LogP contribution is 2.27. The number of sulfonamides is 1. The Morgan fingerprint density at radius 2 is 2.00 bits per heavy atom.